The molecule has 0 spiro atoms. The number of carbonyl (C=O) groups is 1. The Labute approximate surface area is 121 Å². The molecule has 1 unspecified atom stereocenters. The molecule has 3 N–H and O–H groups in total. The summed E-state index contributed by atoms with van der Waals surface area (Å²) in [6.07, 6.45) is 0. The van der Waals surface area contributed by atoms with E-state index in [2.05, 4.69) is 21.2 Å². The number of benzene rings is 2. The number of hydrogen-bond acceptors (Lipinski definition) is 2. The lowest BCUT2D eigenvalue weighted by atomic mass is 10.1. The molecule has 1 atom stereocenters. The standard InChI is InChI=1S/C15H15BrN2O/c1-10(13-7-2-3-8-14(13)16)18-15(19)11-5-4-6-12(17)9-11/h2-10H,17H2,1H3,(H,18,19). The number of halogens is 1. The summed E-state index contributed by atoms with van der Waals surface area (Å²) >= 11 is 3.48. The van der Waals surface area contributed by atoms with Gasteiger partial charge in [0.05, 0.1) is 6.04 Å². The fourth-order valence-electron chi connectivity index (χ4n) is 1.86. The second kappa shape index (κ2) is 5.89. The summed E-state index contributed by atoms with van der Waals surface area (Å²) in [5.41, 5.74) is 7.87. The van der Waals surface area contributed by atoms with Crippen molar-refractivity contribution in [3.05, 3.63) is 64.1 Å². The van der Waals surface area contributed by atoms with Gasteiger partial charge in [-0.3, -0.25) is 4.79 Å². The minimum atomic E-state index is -0.129. The van der Waals surface area contributed by atoms with Gasteiger partial charge < -0.3 is 11.1 Å². The van der Waals surface area contributed by atoms with Crippen molar-refractivity contribution >= 4 is 27.5 Å². The average molecular weight is 319 g/mol. The van der Waals surface area contributed by atoms with Crippen LogP contribution < -0.4 is 11.1 Å². The topological polar surface area (TPSA) is 55.1 Å². The molecule has 0 aliphatic carbocycles. The molecule has 0 saturated heterocycles. The molecule has 98 valence electrons. The van der Waals surface area contributed by atoms with Gasteiger partial charge in [-0.05, 0) is 36.8 Å². The van der Waals surface area contributed by atoms with Crippen molar-refractivity contribution in [2.75, 3.05) is 5.73 Å². The molecule has 0 aliphatic heterocycles. The van der Waals surface area contributed by atoms with Gasteiger partial charge in [0.2, 0.25) is 0 Å². The number of anilines is 1. The van der Waals surface area contributed by atoms with E-state index in [4.69, 9.17) is 5.73 Å². The first-order valence-electron chi connectivity index (χ1n) is 5.99. The number of carbonyl (C=O) groups excluding carboxylic acids is 1. The van der Waals surface area contributed by atoms with Crippen molar-refractivity contribution in [2.24, 2.45) is 0 Å². The van der Waals surface area contributed by atoms with Crippen LogP contribution in [0.5, 0.6) is 0 Å². The summed E-state index contributed by atoms with van der Waals surface area (Å²) in [6.45, 7) is 1.95. The first kappa shape index (κ1) is 13.6. The Hall–Kier alpha value is -1.81. The summed E-state index contributed by atoms with van der Waals surface area (Å²) in [5, 5.41) is 2.96. The molecule has 0 aliphatic rings. The maximum absolute atomic E-state index is 12.1. The smallest absolute Gasteiger partial charge is 0.251 e. The van der Waals surface area contributed by atoms with Crippen LogP contribution >= 0.6 is 15.9 Å². The van der Waals surface area contributed by atoms with Crippen molar-refractivity contribution < 1.29 is 4.79 Å². The molecule has 2 aromatic rings. The summed E-state index contributed by atoms with van der Waals surface area (Å²) in [7, 11) is 0. The number of hydrogen-bond donors (Lipinski definition) is 2. The van der Waals surface area contributed by atoms with E-state index in [1.165, 1.54) is 0 Å². The Kier molecular flexibility index (Phi) is 4.22. The van der Waals surface area contributed by atoms with E-state index in [1.54, 1.807) is 24.3 Å². The number of nitrogens with two attached hydrogens (primary N) is 1. The second-order valence-electron chi connectivity index (χ2n) is 4.34. The lowest BCUT2D eigenvalue weighted by Crippen LogP contribution is -2.26. The highest BCUT2D eigenvalue weighted by molar-refractivity contribution is 9.10. The van der Waals surface area contributed by atoms with Crippen molar-refractivity contribution in [3.63, 3.8) is 0 Å². The number of nitrogens with one attached hydrogen (secondary N) is 1. The number of amides is 1. The van der Waals surface area contributed by atoms with Gasteiger partial charge in [0.25, 0.3) is 5.91 Å². The summed E-state index contributed by atoms with van der Waals surface area (Å²) in [6, 6.07) is 14.7. The second-order valence-corrected chi connectivity index (χ2v) is 5.20. The predicted octanol–water partition coefficient (Wildman–Crippen LogP) is 3.52. The molecule has 2 rings (SSSR count). The Morgan fingerprint density at radius 1 is 1.21 bits per heavy atom. The first-order chi connectivity index (χ1) is 9.08. The minimum Gasteiger partial charge on any atom is -0.399 e. The van der Waals surface area contributed by atoms with Crippen molar-refractivity contribution in [1.29, 1.82) is 0 Å². The molecular formula is C15H15BrN2O. The third-order valence-corrected chi connectivity index (χ3v) is 3.59. The summed E-state index contributed by atoms with van der Waals surface area (Å²) in [5.74, 6) is -0.129. The largest absolute Gasteiger partial charge is 0.399 e. The molecule has 0 saturated carbocycles. The zero-order valence-corrected chi connectivity index (χ0v) is 12.1. The molecule has 0 aromatic heterocycles. The normalized spacial score (nSPS) is 11.9. The zero-order chi connectivity index (χ0) is 13.8. The molecule has 0 bridgehead atoms. The van der Waals surface area contributed by atoms with E-state index in [-0.39, 0.29) is 11.9 Å². The van der Waals surface area contributed by atoms with Crippen LogP contribution in [0.1, 0.15) is 28.9 Å². The maximum atomic E-state index is 12.1. The summed E-state index contributed by atoms with van der Waals surface area (Å²) < 4.78 is 0.982. The molecule has 19 heavy (non-hydrogen) atoms. The number of rotatable bonds is 3. The molecule has 1 amide bonds. The third kappa shape index (κ3) is 3.35. The predicted molar refractivity (Wildman–Crippen MR) is 80.9 cm³/mol. The fraction of sp³-hybridized carbons (Fsp3) is 0.133. The van der Waals surface area contributed by atoms with Crippen LogP contribution in [0.15, 0.2) is 53.0 Å². The summed E-state index contributed by atoms with van der Waals surface area (Å²) in [4.78, 5) is 12.1. The SMILES string of the molecule is CC(NC(=O)c1cccc(N)c1)c1ccccc1Br. The highest BCUT2D eigenvalue weighted by Crippen LogP contribution is 2.23. The van der Waals surface area contributed by atoms with Gasteiger partial charge in [-0.15, -0.1) is 0 Å². The zero-order valence-electron chi connectivity index (χ0n) is 10.6. The van der Waals surface area contributed by atoms with Crippen LogP contribution in [0, 0.1) is 0 Å². The first-order valence-corrected chi connectivity index (χ1v) is 6.78. The van der Waals surface area contributed by atoms with Gasteiger partial charge >= 0.3 is 0 Å². The maximum Gasteiger partial charge on any atom is 0.251 e. The fourth-order valence-corrected chi connectivity index (χ4v) is 2.49. The molecule has 0 heterocycles. The van der Waals surface area contributed by atoms with E-state index < -0.39 is 0 Å². The Morgan fingerprint density at radius 2 is 1.95 bits per heavy atom. The van der Waals surface area contributed by atoms with Crippen molar-refractivity contribution in [2.45, 2.75) is 13.0 Å². The van der Waals surface area contributed by atoms with Crippen LogP contribution in [-0.4, -0.2) is 5.91 Å². The van der Waals surface area contributed by atoms with Crippen molar-refractivity contribution in [3.8, 4) is 0 Å². The Balaban J connectivity index is 2.13. The van der Waals surface area contributed by atoms with Gasteiger partial charge in [-0.25, -0.2) is 0 Å². The van der Waals surface area contributed by atoms with Gasteiger partial charge in [0.1, 0.15) is 0 Å². The van der Waals surface area contributed by atoms with Gasteiger partial charge in [0.15, 0.2) is 0 Å². The van der Waals surface area contributed by atoms with E-state index >= 15 is 0 Å². The van der Waals surface area contributed by atoms with Crippen LogP contribution in [0.25, 0.3) is 0 Å². The highest BCUT2D eigenvalue weighted by Gasteiger charge is 2.13. The number of nitrogen functional groups attached to an aromatic ring is 1. The lowest BCUT2D eigenvalue weighted by molar-refractivity contribution is 0.0940. The van der Waals surface area contributed by atoms with E-state index in [9.17, 15) is 4.79 Å². The lowest BCUT2D eigenvalue weighted by Gasteiger charge is -2.16. The van der Waals surface area contributed by atoms with Crippen molar-refractivity contribution in [1.82, 2.24) is 5.32 Å². The molecule has 2 aromatic carbocycles. The van der Waals surface area contributed by atoms with Crippen LogP contribution in [0.3, 0.4) is 0 Å². The van der Waals surface area contributed by atoms with Crippen LogP contribution in [0.2, 0.25) is 0 Å². The molecular weight excluding hydrogens is 304 g/mol. The van der Waals surface area contributed by atoms with Crippen LogP contribution in [0.4, 0.5) is 5.69 Å². The van der Waals surface area contributed by atoms with Crippen LogP contribution in [-0.2, 0) is 0 Å². The highest BCUT2D eigenvalue weighted by atomic mass is 79.9. The third-order valence-electron chi connectivity index (χ3n) is 2.87. The van der Waals surface area contributed by atoms with E-state index in [1.807, 2.05) is 31.2 Å². The molecule has 4 heteroatoms. The monoisotopic (exact) mass is 318 g/mol. The molecule has 3 nitrogen and oxygen atoms in total. The van der Waals surface area contributed by atoms with Gasteiger partial charge in [-0.1, -0.05) is 40.2 Å². The van der Waals surface area contributed by atoms with E-state index in [0.717, 1.165) is 10.0 Å². The quantitative estimate of drug-likeness (QED) is 0.851. The van der Waals surface area contributed by atoms with E-state index in [0.29, 0.717) is 11.3 Å². The molecule has 0 radical (unpaired) electrons. The van der Waals surface area contributed by atoms with Gasteiger partial charge in [0, 0.05) is 15.7 Å². The minimum absolute atomic E-state index is 0.0792. The average Bonchev–Trinajstić information content (AvgIpc) is 2.39. The molecule has 0 fully saturated rings. The Bertz CT molecular complexity index is 598. The Morgan fingerprint density at radius 3 is 2.63 bits per heavy atom. The van der Waals surface area contributed by atoms with Gasteiger partial charge in [-0.2, -0.15) is 0 Å².